The van der Waals surface area contributed by atoms with Crippen molar-refractivity contribution in [1.29, 1.82) is 0 Å². The van der Waals surface area contributed by atoms with E-state index in [-0.39, 0.29) is 11.4 Å². The van der Waals surface area contributed by atoms with E-state index in [1.807, 2.05) is 0 Å². The van der Waals surface area contributed by atoms with Gasteiger partial charge in [-0.25, -0.2) is 13.1 Å². The summed E-state index contributed by atoms with van der Waals surface area (Å²) in [6, 6.07) is 8.27. The number of aromatic nitrogens is 1. The van der Waals surface area contributed by atoms with Crippen LogP contribution in [0.5, 0.6) is 0 Å². The molecule has 0 unspecified atom stereocenters. The minimum Gasteiger partial charge on any atom is -0.399 e. The summed E-state index contributed by atoms with van der Waals surface area (Å²) in [5, 5.41) is 0. The smallest absolute Gasteiger partial charge is 0.240 e. The van der Waals surface area contributed by atoms with Crippen molar-refractivity contribution in [2.45, 2.75) is 18.4 Å². The number of sulfonamides is 1. The number of nitrogens with one attached hydrogen (secondary N) is 1. The molecule has 1 aromatic carbocycles. The zero-order valence-corrected chi connectivity index (χ0v) is 11.3. The molecule has 100 valence electrons. The molecule has 19 heavy (non-hydrogen) atoms. The fourth-order valence-electron chi connectivity index (χ4n) is 1.69. The van der Waals surface area contributed by atoms with Gasteiger partial charge < -0.3 is 5.73 Å². The molecule has 0 atom stereocenters. The highest BCUT2D eigenvalue weighted by Gasteiger charge is 2.14. The summed E-state index contributed by atoms with van der Waals surface area (Å²) in [6.07, 6.45) is 3.24. The van der Waals surface area contributed by atoms with Crippen molar-refractivity contribution in [3.8, 4) is 0 Å². The number of nitrogen functional groups attached to an aromatic ring is 1. The van der Waals surface area contributed by atoms with Crippen LogP contribution in [0.4, 0.5) is 5.69 Å². The van der Waals surface area contributed by atoms with Gasteiger partial charge in [-0.3, -0.25) is 4.98 Å². The van der Waals surface area contributed by atoms with Crippen LogP contribution in [0, 0.1) is 6.92 Å². The number of hydrogen-bond donors (Lipinski definition) is 2. The van der Waals surface area contributed by atoms with Crippen molar-refractivity contribution in [1.82, 2.24) is 9.71 Å². The molecule has 0 aliphatic heterocycles. The van der Waals surface area contributed by atoms with E-state index < -0.39 is 10.0 Å². The standard InChI is InChI=1S/C13H15N3O2S/c1-10-6-12(14)8-13(7-10)19(17,18)16-9-11-2-4-15-5-3-11/h2-8,16H,9,14H2,1H3. The van der Waals surface area contributed by atoms with Crippen LogP contribution in [0.25, 0.3) is 0 Å². The van der Waals surface area contributed by atoms with Gasteiger partial charge in [-0.2, -0.15) is 0 Å². The van der Waals surface area contributed by atoms with Gasteiger partial charge in [0.25, 0.3) is 0 Å². The Morgan fingerprint density at radius 1 is 1.21 bits per heavy atom. The van der Waals surface area contributed by atoms with Gasteiger partial charge in [0.15, 0.2) is 0 Å². The molecule has 2 rings (SSSR count). The van der Waals surface area contributed by atoms with E-state index >= 15 is 0 Å². The number of anilines is 1. The van der Waals surface area contributed by atoms with Crippen molar-refractivity contribution in [2.24, 2.45) is 0 Å². The second-order valence-corrected chi connectivity index (χ2v) is 6.03. The predicted molar refractivity (Wildman–Crippen MR) is 73.9 cm³/mol. The topological polar surface area (TPSA) is 85.1 Å². The zero-order chi connectivity index (χ0) is 13.9. The molecule has 0 aliphatic carbocycles. The number of benzene rings is 1. The normalized spacial score (nSPS) is 11.4. The van der Waals surface area contributed by atoms with Crippen LogP contribution < -0.4 is 10.5 Å². The summed E-state index contributed by atoms with van der Waals surface area (Å²) in [6.45, 7) is 2.02. The first-order valence-electron chi connectivity index (χ1n) is 5.73. The average molecular weight is 277 g/mol. The van der Waals surface area contributed by atoms with E-state index in [2.05, 4.69) is 9.71 Å². The zero-order valence-electron chi connectivity index (χ0n) is 10.5. The summed E-state index contributed by atoms with van der Waals surface area (Å²) in [5.41, 5.74) is 7.75. The Labute approximate surface area is 112 Å². The summed E-state index contributed by atoms with van der Waals surface area (Å²) in [5.74, 6) is 0. The number of pyridine rings is 1. The van der Waals surface area contributed by atoms with Crippen LogP contribution in [0.15, 0.2) is 47.6 Å². The summed E-state index contributed by atoms with van der Waals surface area (Å²) in [4.78, 5) is 4.06. The van der Waals surface area contributed by atoms with E-state index in [1.54, 1.807) is 43.6 Å². The van der Waals surface area contributed by atoms with Gasteiger partial charge in [0.2, 0.25) is 10.0 Å². The molecule has 0 bridgehead atoms. The van der Waals surface area contributed by atoms with Gasteiger partial charge in [0.05, 0.1) is 4.90 Å². The van der Waals surface area contributed by atoms with Gasteiger partial charge in [-0.15, -0.1) is 0 Å². The van der Waals surface area contributed by atoms with Crippen LogP contribution in [0.2, 0.25) is 0 Å². The Bertz CT molecular complexity index is 649. The van der Waals surface area contributed by atoms with Crippen molar-refractivity contribution >= 4 is 15.7 Å². The third kappa shape index (κ3) is 3.52. The van der Waals surface area contributed by atoms with Gasteiger partial charge in [0.1, 0.15) is 0 Å². The lowest BCUT2D eigenvalue weighted by Crippen LogP contribution is -2.23. The number of nitrogens with two attached hydrogens (primary N) is 1. The van der Waals surface area contributed by atoms with Crippen LogP contribution >= 0.6 is 0 Å². The predicted octanol–water partition coefficient (Wildman–Crippen LogP) is 1.45. The molecule has 6 heteroatoms. The van der Waals surface area contributed by atoms with Gasteiger partial charge >= 0.3 is 0 Å². The Kier molecular flexibility index (Phi) is 3.82. The highest BCUT2D eigenvalue weighted by atomic mass is 32.2. The summed E-state index contributed by atoms with van der Waals surface area (Å²) in [7, 11) is -3.55. The lowest BCUT2D eigenvalue weighted by Gasteiger charge is -2.08. The molecule has 0 saturated heterocycles. The lowest BCUT2D eigenvalue weighted by atomic mass is 10.2. The SMILES string of the molecule is Cc1cc(N)cc(S(=O)(=O)NCc2ccncc2)c1. The molecule has 0 saturated carbocycles. The molecule has 0 fully saturated rings. The van der Waals surface area contributed by atoms with E-state index in [1.165, 1.54) is 6.07 Å². The molecule has 1 aromatic heterocycles. The number of nitrogens with zero attached hydrogens (tertiary/aromatic N) is 1. The number of hydrogen-bond acceptors (Lipinski definition) is 4. The summed E-state index contributed by atoms with van der Waals surface area (Å²) < 4.78 is 26.8. The first kappa shape index (κ1) is 13.5. The van der Waals surface area contributed by atoms with Crippen molar-refractivity contribution in [3.05, 3.63) is 53.9 Å². The Morgan fingerprint density at radius 2 is 1.89 bits per heavy atom. The van der Waals surface area contributed by atoms with E-state index in [0.717, 1.165) is 11.1 Å². The quantitative estimate of drug-likeness (QED) is 0.828. The molecule has 5 nitrogen and oxygen atoms in total. The Hall–Kier alpha value is -1.92. The molecule has 3 N–H and O–H groups in total. The Morgan fingerprint density at radius 3 is 2.53 bits per heavy atom. The monoisotopic (exact) mass is 277 g/mol. The Balaban J connectivity index is 2.19. The first-order chi connectivity index (χ1) is 8.97. The van der Waals surface area contributed by atoms with Crippen molar-refractivity contribution in [2.75, 3.05) is 5.73 Å². The molecule has 2 aromatic rings. The average Bonchev–Trinajstić information content (AvgIpc) is 2.37. The van der Waals surface area contributed by atoms with Crippen molar-refractivity contribution < 1.29 is 8.42 Å². The third-order valence-electron chi connectivity index (χ3n) is 2.60. The van der Waals surface area contributed by atoms with Gasteiger partial charge in [-0.1, -0.05) is 0 Å². The number of rotatable bonds is 4. The molecule has 0 aliphatic rings. The molecule has 0 amide bonds. The van der Waals surface area contributed by atoms with E-state index in [4.69, 9.17) is 5.73 Å². The van der Waals surface area contributed by atoms with E-state index in [0.29, 0.717) is 5.69 Å². The van der Waals surface area contributed by atoms with Gasteiger partial charge in [-0.05, 0) is 48.4 Å². The van der Waals surface area contributed by atoms with Crippen LogP contribution in [-0.2, 0) is 16.6 Å². The highest BCUT2D eigenvalue weighted by molar-refractivity contribution is 7.89. The van der Waals surface area contributed by atoms with Crippen molar-refractivity contribution in [3.63, 3.8) is 0 Å². The van der Waals surface area contributed by atoms with Crippen LogP contribution in [-0.4, -0.2) is 13.4 Å². The fraction of sp³-hybridized carbons (Fsp3) is 0.154. The highest BCUT2D eigenvalue weighted by Crippen LogP contribution is 2.16. The molecular weight excluding hydrogens is 262 g/mol. The minimum absolute atomic E-state index is 0.180. The second kappa shape index (κ2) is 5.38. The second-order valence-electron chi connectivity index (χ2n) is 4.26. The third-order valence-corrected chi connectivity index (χ3v) is 3.98. The molecular formula is C13H15N3O2S. The maximum absolute atomic E-state index is 12.1. The molecule has 1 heterocycles. The van der Waals surface area contributed by atoms with Crippen LogP contribution in [0.1, 0.15) is 11.1 Å². The van der Waals surface area contributed by atoms with Crippen LogP contribution in [0.3, 0.4) is 0 Å². The fourth-order valence-corrected chi connectivity index (χ4v) is 2.85. The molecule has 0 radical (unpaired) electrons. The molecule has 0 spiro atoms. The van der Waals surface area contributed by atoms with E-state index in [9.17, 15) is 8.42 Å². The van der Waals surface area contributed by atoms with Gasteiger partial charge in [0, 0.05) is 24.6 Å². The largest absolute Gasteiger partial charge is 0.399 e. The lowest BCUT2D eigenvalue weighted by molar-refractivity contribution is 0.581. The maximum Gasteiger partial charge on any atom is 0.240 e. The first-order valence-corrected chi connectivity index (χ1v) is 7.21. The number of aryl methyl sites for hydroxylation is 1. The summed E-state index contributed by atoms with van der Waals surface area (Å²) >= 11 is 0. The maximum atomic E-state index is 12.1. The minimum atomic E-state index is -3.55.